The Morgan fingerprint density at radius 1 is 1.22 bits per heavy atom. The fourth-order valence-electron chi connectivity index (χ4n) is 3.22. The van der Waals surface area contributed by atoms with E-state index < -0.39 is 0 Å². The number of nitrogens with two attached hydrogens (primary N) is 1. The maximum absolute atomic E-state index is 5.77. The molecule has 1 unspecified atom stereocenters. The van der Waals surface area contributed by atoms with E-state index in [0.717, 1.165) is 24.8 Å². The first-order valence-corrected chi connectivity index (χ1v) is 7.34. The van der Waals surface area contributed by atoms with Gasteiger partial charge in [-0.25, -0.2) is 0 Å². The largest absolute Gasteiger partial charge is 0.330 e. The quantitative estimate of drug-likeness (QED) is 0.806. The molecule has 1 heteroatoms. The second kappa shape index (κ2) is 5.27. The molecule has 1 atom stereocenters. The third-order valence-corrected chi connectivity index (χ3v) is 4.38. The summed E-state index contributed by atoms with van der Waals surface area (Å²) in [4.78, 5) is 0. The van der Waals surface area contributed by atoms with Crippen molar-refractivity contribution in [3.63, 3.8) is 0 Å². The lowest BCUT2D eigenvalue weighted by atomic mass is 9.89. The van der Waals surface area contributed by atoms with Gasteiger partial charge in [0, 0.05) is 0 Å². The Morgan fingerprint density at radius 2 is 2.06 bits per heavy atom. The van der Waals surface area contributed by atoms with Crippen LogP contribution in [0.3, 0.4) is 0 Å². The normalized spacial score (nSPS) is 19.5. The maximum atomic E-state index is 5.77. The molecular formula is C17H23N. The van der Waals surface area contributed by atoms with E-state index in [9.17, 15) is 0 Å². The third-order valence-electron chi connectivity index (χ3n) is 4.38. The SMILES string of the molecule is NCCC(CC1=CCc2ccccc21)CC1CC1. The van der Waals surface area contributed by atoms with E-state index in [2.05, 4.69) is 30.3 Å². The van der Waals surface area contributed by atoms with Crippen LogP contribution < -0.4 is 5.73 Å². The Balaban J connectivity index is 1.67. The Kier molecular flexibility index (Phi) is 3.51. The predicted molar refractivity (Wildman–Crippen MR) is 77.2 cm³/mol. The summed E-state index contributed by atoms with van der Waals surface area (Å²) in [5.74, 6) is 1.82. The molecule has 2 N–H and O–H groups in total. The molecule has 1 aromatic carbocycles. The Hall–Kier alpha value is -1.08. The number of rotatable bonds is 6. The van der Waals surface area contributed by atoms with Gasteiger partial charge in [-0.2, -0.15) is 0 Å². The fourth-order valence-corrected chi connectivity index (χ4v) is 3.22. The molecule has 3 rings (SSSR count). The minimum absolute atomic E-state index is 0.805. The van der Waals surface area contributed by atoms with E-state index >= 15 is 0 Å². The summed E-state index contributed by atoms with van der Waals surface area (Å²) in [7, 11) is 0. The van der Waals surface area contributed by atoms with E-state index in [1.165, 1.54) is 43.2 Å². The van der Waals surface area contributed by atoms with Crippen LogP contribution in [-0.4, -0.2) is 6.54 Å². The zero-order valence-electron chi connectivity index (χ0n) is 11.1. The van der Waals surface area contributed by atoms with Crippen LogP contribution >= 0.6 is 0 Å². The van der Waals surface area contributed by atoms with Gasteiger partial charge in [0.2, 0.25) is 0 Å². The van der Waals surface area contributed by atoms with E-state index in [-0.39, 0.29) is 0 Å². The number of hydrogen-bond donors (Lipinski definition) is 1. The predicted octanol–water partition coefficient (Wildman–Crippen LogP) is 3.78. The molecule has 2 aliphatic rings. The molecular weight excluding hydrogens is 218 g/mol. The molecule has 1 nitrogen and oxygen atoms in total. The van der Waals surface area contributed by atoms with Crippen LogP contribution in [0.4, 0.5) is 0 Å². The van der Waals surface area contributed by atoms with Crippen molar-refractivity contribution in [3.8, 4) is 0 Å². The minimum atomic E-state index is 0.805. The van der Waals surface area contributed by atoms with Crippen LogP contribution in [0.2, 0.25) is 0 Å². The van der Waals surface area contributed by atoms with Crippen LogP contribution in [0.1, 0.15) is 43.2 Å². The van der Waals surface area contributed by atoms with E-state index in [0.29, 0.717) is 0 Å². The number of allylic oxidation sites excluding steroid dienone is 2. The lowest BCUT2D eigenvalue weighted by molar-refractivity contribution is 0.440. The molecule has 0 aromatic heterocycles. The van der Waals surface area contributed by atoms with Crippen LogP contribution in [0.25, 0.3) is 5.57 Å². The van der Waals surface area contributed by atoms with Crippen molar-refractivity contribution in [1.82, 2.24) is 0 Å². The van der Waals surface area contributed by atoms with E-state index in [1.807, 2.05) is 0 Å². The Labute approximate surface area is 110 Å². The zero-order valence-corrected chi connectivity index (χ0v) is 11.1. The number of hydrogen-bond acceptors (Lipinski definition) is 1. The topological polar surface area (TPSA) is 26.0 Å². The number of benzene rings is 1. The summed E-state index contributed by atoms with van der Waals surface area (Å²) in [6.07, 6.45) is 10.3. The average Bonchev–Trinajstić information content (AvgIpc) is 3.11. The number of fused-ring (bicyclic) bond motifs is 1. The molecule has 96 valence electrons. The summed E-state index contributed by atoms with van der Waals surface area (Å²) in [6, 6.07) is 8.86. The van der Waals surface area contributed by atoms with Crippen LogP contribution in [0, 0.1) is 11.8 Å². The molecule has 18 heavy (non-hydrogen) atoms. The van der Waals surface area contributed by atoms with Crippen LogP contribution in [0.5, 0.6) is 0 Å². The molecule has 0 aliphatic heterocycles. The van der Waals surface area contributed by atoms with Gasteiger partial charge in [0.15, 0.2) is 0 Å². The highest BCUT2D eigenvalue weighted by Gasteiger charge is 2.26. The highest BCUT2D eigenvalue weighted by atomic mass is 14.5. The molecule has 1 fully saturated rings. The molecule has 0 heterocycles. The molecule has 1 aromatic rings. The molecule has 2 aliphatic carbocycles. The molecule has 0 amide bonds. The van der Waals surface area contributed by atoms with Crippen molar-refractivity contribution in [2.75, 3.05) is 6.54 Å². The van der Waals surface area contributed by atoms with Crippen molar-refractivity contribution < 1.29 is 0 Å². The highest BCUT2D eigenvalue weighted by Crippen LogP contribution is 2.40. The summed E-state index contributed by atoms with van der Waals surface area (Å²) >= 11 is 0. The van der Waals surface area contributed by atoms with Gasteiger partial charge in [-0.05, 0) is 60.8 Å². The third kappa shape index (κ3) is 2.67. The van der Waals surface area contributed by atoms with Crippen molar-refractivity contribution in [2.24, 2.45) is 17.6 Å². The van der Waals surface area contributed by atoms with Crippen molar-refractivity contribution in [2.45, 2.75) is 38.5 Å². The van der Waals surface area contributed by atoms with E-state index in [4.69, 9.17) is 5.73 Å². The van der Waals surface area contributed by atoms with Gasteiger partial charge in [0.25, 0.3) is 0 Å². The molecule has 0 spiro atoms. The van der Waals surface area contributed by atoms with Crippen molar-refractivity contribution in [1.29, 1.82) is 0 Å². The summed E-state index contributed by atoms with van der Waals surface area (Å²) in [6.45, 7) is 0.840. The van der Waals surface area contributed by atoms with E-state index in [1.54, 1.807) is 5.57 Å². The summed E-state index contributed by atoms with van der Waals surface area (Å²) in [5.41, 5.74) is 10.3. The fraction of sp³-hybridized carbons (Fsp3) is 0.529. The van der Waals surface area contributed by atoms with Gasteiger partial charge in [0.05, 0.1) is 0 Å². The van der Waals surface area contributed by atoms with Gasteiger partial charge in [0.1, 0.15) is 0 Å². The van der Waals surface area contributed by atoms with Gasteiger partial charge in [-0.3, -0.25) is 0 Å². The first kappa shape index (κ1) is 12.0. The first-order valence-electron chi connectivity index (χ1n) is 7.34. The maximum Gasteiger partial charge on any atom is -0.00745 e. The standard InChI is InChI=1S/C17H23N/c18-10-9-14(11-13-5-6-13)12-16-8-7-15-3-1-2-4-17(15)16/h1-4,8,13-14H,5-7,9-12,18H2. The lowest BCUT2D eigenvalue weighted by Gasteiger charge is -2.17. The van der Waals surface area contributed by atoms with Crippen LogP contribution in [-0.2, 0) is 6.42 Å². The first-order chi connectivity index (χ1) is 8.86. The Bertz CT molecular complexity index is 443. The second-order valence-electron chi connectivity index (χ2n) is 5.92. The summed E-state index contributed by atoms with van der Waals surface area (Å²) < 4.78 is 0. The van der Waals surface area contributed by atoms with Gasteiger partial charge >= 0.3 is 0 Å². The molecule has 0 saturated heterocycles. The van der Waals surface area contributed by atoms with Gasteiger partial charge in [-0.1, -0.05) is 43.2 Å². The van der Waals surface area contributed by atoms with Gasteiger partial charge in [-0.15, -0.1) is 0 Å². The molecule has 1 saturated carbocycles. The molecule has 0 radical (unpaired) electrons. The second-order valence-corrected chi connectivity index (χ2v) is 5.92. The Morgan fingerprint density at radius 3 is 2.83 bits per heavy atom. The lowest BCUT2D eigenvalue weighted by Crippen LogP contribution is -2.10. The minimum Gasteiger partial charge on any atom is -0.330 e. The highest BCUT2D eigenvalue weighted by molar-refractivity contribution is 5.73. The monoisotopic (exact) mass is 241 g/mol. The van der Waals surface area contributed by atoms with Crippen molar-refractivity contribution >= 4 is 5.57 Å². The van der Waals surface area contributed by atoms with Crippen molar-refractivity contribution in [3.05, 3.63) is 41.5 Å². The average molecular weight is 241 g/mol. The smallest absolute Gasteiger partial charge is 0.00745 e. The summed E-state index contributed by atoms with van der Waals surface area (Å²) in [5, 5.41) is 0. The molecule has 0 bridgehead atoms. The van der Waals surface area contributed by atoms with Crippen LogP contribution in [0.15, 0.2) is 30.3 Å². The zero-order chi connectivity index (χ0) is 12.4. The van der Waals surface area contributed by atoms with Gasteiger partial charge < -0.3 is 5.73 Å².